The van der Waals surface area contributed by atoms with Crippen LogP contribution in [0.25, 0.3) is 0 Å². The van der Waals surface area contributed by atoms with E-state index in [9.17, 15) is 14.7 Å². The van der Waals surface area contributed by atoms with Gasteiger partial charge in [0.25, 0.3) is 0 Å². The van der Waals surface area contributed by atoms with Crippen LogP contribution >= 0.6 is 23.4 Å². The predicted octanol–water partition coefficient (Wildman–Crippen LogP) is 1.08. The van der Waals surface area contributed by atoms with E-state index in [-0.39, 0.29) is 18.2 Å². The van der Waals surface area contributed by atoms with E-state index in [0.717, 1.165) is 4.90 Å². The minimum Gasteiger partial charge on any atom is -0.467 e. The molecule has 0 saturated carbocycles. The van der Waals surface area contributed by atoms with Crippen molar-refractivity contribution in [2.75, 3.05) is 19.4 Å². The Morgan fingerprint density at radius 2 is 2.05 bits per heavy atom. The quantitative estimate of drug-likeness (QED) is 0.607. The van der Waals surface area contributed by atoms with Crippen molar-refractivity contribution >= 4 is 35.2 Å². The number of amides is 1. The third kappa shape index (κ3) is 5.96. The molecule has 7 heteroatoms. The molecule has 0 fully saturated rings. The van der Waals surface area contributed by atoms with Crippen LogP contribution in [-0.4, -0.2) is 42.5 Å². The number of esters is 1. The summed E-state index contributed by atoms with van der Waals surface area (Å²) in [7, 11) is 1.17. The third-order valence-corrected chi connectivity index (χ3v) is 3.41. The van der Waals surface area contributed by atoms with Gasteiger partial charge in [-0.05, 0) is 24.3 Å². The van der Waals surface area contributed by atoms with E-state index in [1.54, 1.807) is 12.1 Å². The largest absolute Gasteiger partial charge is 0.467 e. The lowest BCUT2D eigenvalue weighted by Crippen LogP contribution is -2.37. The van der Waals surface area contributed by atoms with Gasteiger partial charge < -0.3 is 15.2 Å². The molecule has 1 rings (SSSR count). The fourth-order valence-corrected chi connectivity index (χ4v) is 2.01. The fraction of sp³-hybridized carbons (Fsp3) is 0.333. The van der Waals surface area contributed by atoms with Crippen molar-refractivity contribution in [3.05, 3.63) is 29.3 Å². The van der Waals surface area contributed by atoms with E-state index in [4.69, 9.17) is 11.6 Å². The number of benzene rings is 1. The lowest BCUT2D eigenvalue weighted by Gasteiger charge is -2.09. The van der Waals surface area contributed by atoms with Crippen molar-refractivity contribution in [3.8, 4) is 0 Å². The van der Waals surface area contributed by atoms with Crippen LogP contribution < -0.4 is 5.32 Å². The zero-order valence-electron chi connectivity index (χ0n) is 10.3. The molecule has 0 aliphatic rings. The number of hydrogen-bond donors (Lipinski definition) is 2. The molecule has 1 atom stereocenters. The van der Waals surface area contributed by atoms with Gasteiger partial charge in [-0.3, -0.25) is 4.79 Å². The maximum Gasteiger partial charge on any atom is 0.336 e. The van der Waals surface area contributed by atoms with Crippen LogP contribution in [0.5, 0.6) is 0 Å². The highest BCUT2D eigenvalue weighted by Crippen LogP contribution is 2.19. The summed E-state index contributed by atoms with van der Waals surface area (Å²) in [5.74, 6) is -0.858. The average molecular weight is 304 g/mol. The van der Waals surface area contributed by atoms with Gasteiger partial charge in [-0.25, -0.2) is 4.79 Å². The van der Waals surface area contributed by atoms with E-state index in [1.807, 2.05) is 12.1 Å². The summed E-state index contributed by atoms with van der Waals surface area (Å²) >= 11 is 7.08. The van der Waals surface area contributed by atoms with Crippen LogP contribution in [0.15, 0.2) is 29.2 Å². The van der Waals surface area contributed by atoms with E-state index < -0.39 is 12.1 Å². The van der Waals surface area contributed by atoms with E-state index in [2.05, 4.69) is 10.1 Å². The Hall–Kier alpha value is -1.24. The van der Waals surface area contributed by atoms with E-state index in [0.29, 0.717) is 5.02 Å². The van der Waals surface area contributed by atoms with Gasteiger partial charge in [0.2, 0.25) is 5.91 Å². The molecule has 0 aliphatic heterocycles. The van der Waals surface area contributed by atoms with E-state index in [1.165, 1.54) is 18.9 Å². The number of hydrogen-bond acceptors (Lipinski definition) is 5. The Morgan fingerprint density at radius 3 is 2.63 bits per heavy atom. The maximum atomic E-state index is 11.5. The highest BCUT2D eigenvalue weighted by molar-refractivity contribution is 8.00. The van der Waals surface area contributed by atoms with Crippen molar-refractivity contribution in [2.24, 2.45) is 0 Å². The van der Waals surface area contributed by atoms with Crippen molar-refractivity contribution in [3.63, 3.8) is 0 Å². The van der Waals surface area contributed by atoms with Gasteiger partial charge in [0.05, 0.1) is 19.4 Å². The van der Waals surface area contributed by atoms with Crippen molar-refractivity contribution in [1.29, 1.82) is 0 Å². The smallest absolute Gasteiger partial charge is 0.336 e. The molecular formula is C12H14ClNO4S. The van der Waals surface area contributed by atoms with Gasteiger partial charge in [-0.1, -0.05) is 11.6 Å². The average Bonchev–Trinajstić information content (AvgIpc) is 2.43. The second-order valence-electron chi connectivity index (χ2n) is 3.59. The van der Waals surface area contributed by atoms with Crippen LogP contribution in [0.3, 0.4) is 0 Å². The van der Waals surface area contributed by atoms with Gasteiger partial charge in [-0.15, -0.1) is 11.8 Å². The summed E-state index contributed by atoms with van der Waals surface area (Å²) in [4.78, 5) is 23.3. The predicted molar refractivity (Wildman–Crippen MR) is 73.2 cm³/mol. The Kier molecular flexibility index (Phi) is 6.69. The molecule has 0 saturated heterocycles. The Bertz CT molecular complexity index is 438. The number of nitrogens with one attached hydrogen (secondary N) is 1. The summed E-state index contributed by atoms with van der Waals surface area (Å²) in [5, 5.41) is 12.3. The molecule has 1 amide bonds. The first-order valence-corrected chi connectivity index (χ1v) is 6.80. The molecule has 0 heterocycles. The molecule has 19 heavy (non-hydrogen) atoms. The molecule has 0 bridgehead atoms. The Morgan fingerprint density at radius 1 is 1.42 bits per heavy atom. The monoisotopic (exact) mass is 303 g/mol. The van der Waals surface area contributed by atoms with Gasteiger partial charge in [0, 0.05) is 9.92 Å². The molecule has 104 valence electrons. The van der Waals surface area contributed by atoms with Crippen molar-refractivity contribution < 1.29 is 19.4 Å². The lowest BCUT2D eigenvalue weighted by atomic mass is 10.3. The highest BCUT2D eigenvalue weighted by Gasteiger charge is 2.15. The SMILES string of the molecule is COC(=O)C(O)CNC(=O)CSc1ccc(Cl)cc1. The molecule has 1 unspecified atom stereocenters. The summed E-state index contributed by atoms with van der Waals surface area (Å²) in [6.07, 6.45) is -1.34. The van der Waals surface area contributed by atoms with Gasteiger partial charge in [-0.2, -0.15) is 0 Å². The van der Waals surface area contributed by atoms with Crippen LogP contribution in [-0.2, 0) is 14.3 Å². The number of aliphatic hydroxyl groups is 1. The number of rotatable bonds is 6. The number of halogens is 1. The van der Waals surface area contributed by atoms with Crippen LogP contribution in [0, 0.1) is 0 Å². The molecule has 0 aliphatic carbocycles. The molecule has 1 aromatic rings. The molecular weight excluding hydrogens is 290 g/mol. The number of thioether (sulfide) groups is 1. The molecule has 1 aromatic carbocycles. The fourth-order valence-electron chi connectivity index (χ4n) is 1.16. The van der Waals surface area contributed by atoms with Gasteiger partial charge in [0.1, 0.15) is 0 Å². The summed E-state index contributed by atoms with van der Waals surface area (Å²) < 4.78 is 4.33. The first kappa shape index (κ1) is 15.8. The molecule has 0 radical (unpaired) electrons. The number of carbonyl (C=O) groups excluding carboxylic acids is 2. The van der Waals surface area contributed by atoms with E-state index >= 15 is 0 Å². The maximum absolute atomic E-state index is 11.5. The minimum atomic E-state index is -1.34. The van der Waals surface area contributed by atoms with Crippen LogP contribution in [0.2, 0.25) is 5.02 Å². The minimum absolute atomic E-state index is 0.160. The third-order valence-electron chi connectivity index (χ3n) is 2.15. The summed E-state index contributed by atoms with van der Waals surface area (Å²) in [6, 6.07) is 7.10. The van der Waals surface area contributed by atoms with Crippen LogP contribution in [0.4, 0.5) is 0 Å². The highest BCUT2D eigenvalue weighted by atomic mass is 35.5. The summed E-state index contributed by atoms with van der Waals surface area (Å²) in [6.45, 7) is -0.160. The second kappa shape index (κ2) is 8.04. The zero-order valence-corrected chi connectivity index (χ0v) is 11.8. The normalized spacial score (nSPS) is 11.7. The lowest BCUT2D eigenvalue weighted by molar-refractivity contribution is -0.150. The first-order chi connectivity index (χ1) is 9.02. The number of carbonyl (C=O) groups is 2. The standard InChI is InChI=1S/C12H14ClNO4S/c1-18-12(17)10(15)6-14-11(16)7-19-9-4-2-8(13)3-5-9/h2-5,10,15H,6-7H2,1H3,(H,14,16). The molecule has 2 N–H and O–H groups in total. The Labute approximate surface area is 120 Å². The first-order valence-electron chi connectivity index (χ1n) is 5.44. The second-order valence-corrected chi connectivity index (χ2v) is 5.07. The van der Waals surface area contributed by atoms with Crippen molar-refractivity contribution in [1.82, 2.24) is 5.32 Å². The van der Waals surface area contributed by atoms with Gasteiger partial charge >= 0.3 is 5.97 Å². The zero-order chi connectivity index (χ0) is 14.3. The van der Waals surface area contributed by atoms with Gasteiger partial charge in [0.15, 0.2) is 6.10 Å². The summed E-state index contributed by atoms with van der Waals surface area (Å²) in [5.41, 5.74) is 0. The molecule has 0 aromatic heterocycles. The Balaban J connectivity index is 2.28. The molecule has 0 spiro atoms. The topological polar surface area (TPSA) is 75.6 Å². The van der Waals surface area contributed by atoms with Crippen LogP contribution in [0.1, 0.15) is 0 Å². The number of aliphatic hydroxyl groups excluding tert-OH is 1. The number of ether oxygens (including phenoxy) is 1. The van der Waals surface area contributed by atoms with Crippen molar-refractivity contribution in [2.45, 2.75) is 11.0 Å². The molecule has 5 nitrogen and oxygen atoms in total. The number of methoxy groups -OCH3 is 1.